The summed E-state index contributed by atoms with van der Waals surface area (Å²) in [4.78, 5) is 30.2. The van der Waals surface area contributed by atoms with Gasteiger partial charge < -0.3 is 15.2 Å². The fourth-order valence-corrected chi connectivity index (χ4v) is 2.19. The molecule has 0 bridgehead atoms. The second-order valence-electron chi connectivity index (χ2n) is 5.03. The first-order chi connectivity index (χ1) is 10.6. The van der Waals surface area contributed by atoms with Crippen LogP contribution < -0.4 is 5.73 Å². The molecule has 1 fully saturated rings. The highest BCUT2D eigenvalue weighted by Gasteiger charge is 2.34. The van der Waals surface area contributed by atoms with E-state index in [0.29, 0.717) is 12.4 Å². The lowest BCUT2D eigenvalue weighted by Gasteiger charge is -2.10. The van der Waals surface area contributed by atoms with Crippen LogP contribution in [-0.2, 0) is 17.9 Å². The van der Waals surface area contributed by atoms with E-state index in [1.165, 1.54) is 4.90 Å². The third kappa shape index (κ3) is 3.33. The zero-order chi connectivity index (χ0) is 15.7. The minimum atomic E-state index is -0.364. The number of likely N-dealkylation sites (N-methyl/N-ethyl adjacent to an activating group) is 1. The molecule has 0 aliphatic carbocycles. The van der Waals surface area contributed by atoms with Crippen LogP contribution >= 0.6 is 12.4 Å². The second kappa shape index (κ2) is 6.76. The maximum absolute atomic E-state index is 11.8. The number of amides is 3. The van der Waals surface area contributed by atoms with Crippen LogP contribution in [0, 0.1) is 0 Å². The molecular weight excluding hydrogens is 322 g/mol. The lowest BCUT2D eigenvalue weighted by atomic mass is 10.1. The number of nitrogens with two attached hydrogens (primary N) is 1. The van der Waals surface area contributed by atoms with Crippen molar-refractivity contribution in [3.63, 3.8) is 0 Å². The first kappa shape index (κ1) is 16.9. The quantitative estimate of drug-likeness (QED) is 0.835. The normalized spacial score (nSPS) is 14.3. The number of hydrogen-bond donors (Lipinski definition) is 1. The molecule has 3 rings (SSSR count). The molecule has 1 aliphatic rings. The summed E-state index contributed by atoms with van der Waals surface area (Å²) in [6, 6.07) is 7.09. The number of aromatic nitrogens is 2. The molecule has 122 valence electrons. The van der Waals surface area contributed by atoms with E-state index in [1.807, 2.05) is 24.3 Å². The van der Waals surface area contributed by atoms with Crippen LogP contribution in [0.1, 0.15) is 11.5 Å². The van der Waals surface area contributed by atoms with Gasteiger partial charge in [0.25, 0.3) is 5.91 Å². The van der Waals surface area contributed by atoms with Gasteiger partial charge in [-0.05, 0) is 5.56 Å². The van der Waals surface area contributed by atoms with E-state index in [2.05, 4.69) is 10.1 Å². The summed E-state index contributed by atoms with van der Waals surface area (Å²) < 4.78 is 5.12. The van der Waals surface area contributed by atoms with Crippen molar-refractivity contribution >= 4 is 24.3 Å². The van der Waals surface area contributed by atoms with Crippen molar-refractivity contribution < 1.29 is 14.1 Å². The number of carbonyl (C=O) groups excluding carboxylic acids is 2. The Bertz CT molecular complexity index is 715. The number of benzene rings is 1. The molecule has 2 aromatic rings. The summed E-state index contributed by atoms with van der Waals surface area (Å²) in [5.74, 6) is 0.348. The smallest absolute Gasteiger partial charge is 0.327 e. The standard InChI is InChI=1S/C14H15N5O3.ClH/c1-18-8-12(20)19(14(18)21)7-11-16-13(17-22-11)10-4-2-9(6-15)3-5-10;/h2-5H,6-8,15H2,1H3;1H. The Balaban J connectivity index is 0.00000192. The van der Waals surface area contributed by atoms with Crippen LogP contribution in [0.2, 0.25) is 0 Å². The zero-order valence-corrected chi connectivity index (χ0v) is 13.2. The van der Waals surface area contributed by atoms with Crippen molar-refractivity contribution in [1.29, 1.82) is 0 Å². The van der Waals surface area contributed by atoms with Crippen LogP contribution in [0.15, 0.2) is 28.8 Å². The van der Waals surface area contributed by atoms with Gasteiger partial charge in [0, 0.05) is 19.2 Å². The SMILES string of the molecule is CN1CC(=O)N(Cc2nc(-c3ccc(CN)cc3)no2)C1=O.Cl. The Morgan fingerprint density at radius 2 is 1.96 bits per heavy atom. The fraction of sp³-hybridized carbons (Fsp3) is 0.286. The van der Waals surface area contributed by atoms with Gasteiger partial charge in [-0.25, -0.2) is 4.79 Å². The molecule has 23 heavy (non-hydrogen) atoms. The third-order valence-corrected chi connectivity index (χ3v) is 3.44. The van der Waals surface area contributed by atoms with Crippen LogP contribution in [0.3, 0.4) is 0 Å². The summed E-state index contributed by atoms with van der Waals surface area (Å²) in [5, 5.41) is 3.87. The molecule has 3 amide bonds. The molecule has 2 N–H and O–H groups in total. The molecule has 2 heterocycles. The fourth-order valence-electron chi connectivity index (χ4n) is 2.19. The van der Waals surface area contributed by atoms with Gasteiger partial charge >= 0.3 is 6.03 Å². The average Bonchev–Trinajstić information content (AvgIpc) is 3.08. The maximum atomic E-state index is 11.8. The van der Waals surface area contributed by atoms with Crippen molar-refractivity contribution in [2.45, 2.75) is 13.1 Å². The van der Waals surface area contributed by atoms with Gasteiger partial charge in [-0.2, -0.15) is 4.98 Å². The molecule has 1 saturated heterocycles. The number of halogens is 1. The molecule has 9 heteroatoms. The van der Waals surface area contributed by atoms with E-state index in [9.17, 15) is 9.59 Å². The molecule has 0 saturated carbocycles. The lowest BCUT2D eigenvalue weighted by Crippen LogP contribution is -2.31. The predicted molar refractivity (Wildman–Crippen MR) is 83.4 cm³/mol. The topological polar surface area (TPSA) is 106 Å². The van der Waals surface area contributed by atoms with Crippen LogP contribution in [-0.4, -0.2) is 45.5 Å². The number of urea groups is 1. The predicted octanol–water partition coefficient (Wildman–Crippen LogP) is 1.01. The Labute approximate surface area is 138 Å². The van der Waals surface area contributed by atoms with E-state index in [0.717, 1.165) is 16.0 Å². The molecule has 0 atom stereocenters. The highest BCUT2D eigenvalue weighted by molar-refractivity contribution is 6.01. The van der Waals surface area contributed by atoms with Crippen molar-refractivity contribution in [1.82, 2.24) is 19.9 Å². The van der Waals surface area contributed by atoms with E-state index < -0.39 is 0 Å². The van der Waals surface area contributed by atoms with Crippen molar-refractivity contribution in [3.05, 3.63) is 35.7 Å². The molecule has 8 nitrogen and oxygen atoms in total. The number of imide groups is 1. The van der Waals surface area contributed by atoms with Crippen LogP contribution in [0.4, 0.5) is 4.79 Å². The van der Waals surface area contributed by atoms with Gasteiger partial charge in [0.05, 0.1) is 0 Å². The highest BCUT2D eigenvalue weighted by Crippen LogP contribution is 2.18. The number of hydrogen-bond acceptors (Lipinski definition) is 6. The third-order valence-electron chi connectivity index (χ3n) is 3.44. The number of rotatable bonds is 4. The number of carbonyl (C=O) groups is 2. The van der Waals surface area contributed by atoms with Crippen molar-refractivity contribution in [3.8, 4) is 11.4 Å². The van der Waals surface area contributed by atoms with E-state index in [4.69, 9.17) is 10.3 Å². The second-order valence-corrected chi connectivity index (χ2v) is 5.03. The molecule has 1 aromatic carbocycles. The summed E-state index contributed by atoms with van der Waals surface area (Å²) in [6.07, 6.45) is 0. The summed E-state index contributed by atoms with van der Waals surface area (Å²) >= 11 is 0. The Morgan fingerprint density at radius 1 is 1.26 bits per heavy atom. The zero-order valence-electron chi connectivity index (χ0n) is 12.4. The Morgan fingerprint density at radius 3 is 2.52 bits per heavy atom. The van der Waals surface area contributed by atoms with Gasteiger partial charge in [-0.3, -0.25) is 9.69 Å². The number of nitrogens with zero attached hydrogens (tertiary/aromatic N) is 4. The van der Waals surface area contributed by atoms with E-state index in [1.54, 1.807) is 7.05 Å². The Kier molecular flexibility index (Phi) is 4.97. The van der Waals surface area contributed by atoms with E-state index in [-0.39, 0.29) is 43.3 Å². The maximum Gasteiger partial charge on any atom is 0.327 e. The minimum absolute atomic E-state index is 0. The van der Waals surface area contributed by atoms with Gasteiger partial charge in [-0.15, -0.1) is 12.4 Å². The monoisotopic (exact) mass is 337 g/mol. The molecule has 1 aromatic heterocycles. The summed E-state index contributed by atoms with van der Waals surface area (Å²) in [7, 11) is 1.57. The van der Waals surface area contributed by atoms with Crippen LogP contribution in [0.25, 0.3) is 11.4 Å². The first-order valence-corrected chi connectivity index (χ1v) is 6.76. The first-order valence-electron chi connectivity index (χ1n) is 6.76. The molecule has 0 radical (unpaired) electrons. The lowest BCUT2D eigenvalue weighted by molar-refractivity contribution is -0.125. The average molecular weight is 338 g/mol. The molecule has 1 aliphatic heterocycles. The highest BCUT2D eigenvalue weighted by atomic mass is 35.5. The van der Waals surface area contributed by atoms with Gasteiger partial charge in [0.1, 0.15) is 13.1 Å². The minimum Gasteiger partial charge on any atom is -0.337 e. The van der Waals surface area contributed by atoms with Crippen molar-refractivity contribution in [2.24, 2.45) is 5.73 Å². The van der Waals surface area contributed by atoms with Crippen LogP contribution in [0.5, 0.6) is 0 Å². The molecule has 0 unspecified atom stereocenters. The van der Waals surface area contributed by atoms with E-state index >= 15 is 0 Å². The largest absolute Gasteiger partial charge is 0.337 e. The van der Waals surface area contributed by atoms with Gasteiger partial charge in [-0.1, -0.05) is 29.4 Å². The van der Waals surface area contributed by atoms with Crippen molar-refractivity contribution in [2.75, 3.05) is 13.6 Å². The van der Waals surface area contributed by atoms with Gasteiger partial charge in [0.15, 0.2) is 0 Å². The summed E-state index contributed by atoms with van der Waals surface area (Å²) in [6.45, 7) is 0.515. The molecule has 0 spiro atoms. The Hall–Kier alpha value is -2.45. The molecular formula is C14H16ClN5O3. The van der Waals surface area contributed by atoms with Gasteiger partial charge in [0.2, 0.25) is 11.7 Å². The summed E-state index contributed by atoms with van der Waals surface area (Å²) in [5.41, 5.74) is 7.33.